The van der Waals surface area contributed by atoms with Crippen molar-refractivity contribution < 1.29 is 9.69 Å². The molecule has 3 nitrogen and oxygen atoms in total. The largest absolute Gasteiger partial charge is 0.351 e. The number of carbonyl (C=O) groups is 1. The highest BCUT2D eigenvalue weighted by Gasteiger charge is 2.12. The van der Waals surface area contributed by atoms with Crippen LogP contribution in [-0.4, -0.2) is 26.0 Å². The Kier molecular flexibility index (Phi) is 6.63. The van der Waals surface area contributed by atoms with Gasteiger partial charge in [0.25, 0.3) is 5.91 Å². The second kappa shape index (κ2) is 8.70. The maximum atomic E-state index is 12.1. The van der Waals surface area contributed by atoms with Crippen LogP contribution < -0.4 is 10.2 Å². The highest BCUT2D eigenvalue weighted by Crippen LogP contribution is 2.12. The molecule has 2 N–H and O–H groups in total. The molecule has 0 saturated carbocycles. The molecular formula is C19H24ClN2O+. The minimum absolute atomic E-state index is 0.0826. The van der Waals surface area contributed by atoms with Crippen molar-refractivity contribution in [2.75, 3.05) is 20.1 Å². The van der Waals surface area contributed by atoms with Gasteiger partial charge in [-0.05, 0) is 23.6 Å². The molecule has 0 aliphatic carbocycles. The molecular weight excluding hydrogens is 308 g/mol. The van der Waals surface area contributed by atoms with E-state index in [9.17, 15) is 4.79 Å². The molecule has 4 heteroatoms. The monoisotopic (exact) mass is 331 g/mol. The average molecular weight is 332 g/mol. The summed E-state index contributed by atoms with van der Waals surface area (Å²) in [5.74, 6) is 0.399. The lowest BCUT2D eigenvalue weighted by Gasteiger charge is -2.16. The van der Waals surface area contributed by atoms with E-state index in [2.05, 4.69) is 24.4 Å². The summed E-state index contributed by atoms with van der Waals surface area (Å²) in [7, 11) is 2.02. The Morgan fingerprint density at radius 1 is 1.13 bits per heavy atom. The summed E-state index contributed by atoms with van der Waals surface area (Å²) in [6.07, 6.45) is 0. The topological polar surface area (TPSA) is 33.5 Å². The van der Waals surface area contributed by atoms with Gasteiger partial charge in [0.15, 0.2) is 6.54 Å². The van der Waals surface area contributed by atoms with Gasteiger partial charge in [-0.3, -0.25) is 4.79 Å². The Bertz CT molecular complexity index is 613. The van der Waals surface area contributed by atoms with E-state index in [-0.39, 0.29) is 5.91 Å². The van der Waals surface area contributed by atoms with Crippen LogP contribution >= 0.6 is 11.6 Å². The van der Waals surface area contributed by atoms with Crippen molar-refractivity contribution >= 4 is 17.5 Å². The highest BCUT2D eigenvalue weighted by atomic mass is 35.5. The van der Waals surface area contributed by atoms with E-state index in [1.165, 1.54) is 11.1 Å². The van der Waals surface area contributed by atoms with Gasteiger partial charge >= 0.3 is 0 Å². The van der Waals surface area contributed by atoms with Crippen LogP contribution in [0.3, 0.4) is 0 Å². The first-order chi connectivity index (χ1) is 11.0. The first-order valence-corrected chi connectivity index (χ1v) is 8.30. The van der Waals surface area contributed by atoms with E-state index < -0.39 is 0 Å². The van der Waals surface area contributed by atoms with Crippen molar-refractivity contribution in [1.82, 2.24) is 5.32 Å². The summed E-state index contributed by atoms with van der Waals surface area (Å²) in [5, 5.41) is 3.76. The number of hydrogen-bond acceptors (Lipinski definition) is 1. The predicted molar refractivity (Wildman–Crippen MR) is 94.8 cm³/mol. The Hall–Kier alpha value is -1.84. The number of benzene rings is 2. The highest BCUT2D eigenvalue weighted by molar-refractivity contribution is 6.30. The van der Waals surface area contributed by atoms with Crippen molar-refractivity contribution in [1.29, 1.82) is 0 Å². The molecule has 0 spiro atoms. The second-order valence-electron chi connectivity index (χ2n) is 6.05. The number of nitrogens with one attached hydrogen (secondary N) is 2. The summed E-state index contributed by atoms with van der Waals surface area (Å²) >= 11 is 5.88. The fourth-order valence-electron chi connectivity index (χ4n) is 2.52. The first-order valence-electron chi connectivity index (χ1n) is 7.92. The number of likely N-dealkylation sites (N-methyl/N-ethyl adjacent to an activating group) is 1. The predicted octanol–water partition coefficient (Wildman–Crippen LogP) is 2.27. The van der Waals surface area contributed by atoms with Gasteiger partial charge < -0.3 is 10.2 Å². The maximum Gasteiger partial charge on any atom is 0.275 e. The summed E-state index contributed by atoms with van der Waals surface area (Å²) < 4.78 is 0. The summed E-state index contributed by atoms with van der Waals surface area (Å²) in [6, 6.07) is 18.0. The quantitative estimate of drug-likeness (QED) is 0.802. The molecule has 0 bridgehead atoms. The fraction of sp³-hybridized carbons (Fsp3) is 0.316. The first kappa shape index (κ1) is 17.5. The van der Waals surface area contributed by atoms with E-state index in [4.69, 9.17) is 11.6 Å². The lowest BCUT2D eigenvalue weighted by molar-refractivity contribution is -0.885. The van der Waals surface area contributed by atoms with Crippen molar-refractivity contribution in [3.8, 4) is 0 Å². The van der Waals surface area contributed by atoms with Crippen molar-refractivity contribution in [3.05, 3.63) is 70.7 Å². The van der Waals surface area contributed by atoms with Crippen molar-refractivity contribution in [2.45, 2.75) is 19.4 Å². The fourth-order valence-corrected chi connectivity index (χ4v) is 2.64. The van der Waals surface area contributed by atoms with Gasteiger partial charge in [-0.2, -0.15) is 0 Å². The smallest absolute Gasteiger partial charge is 0.275 e. The molecule has 2 aromatic carbocycles. The molecule has 0 aliphatic heterocycles. The Morgan fingerprint density at radius 3 is 2.43 bits per heavy atom. The molecule has 2 aromatic rings. The third-order valence-corrected chi connectivity index (χ3v) is 4.11. The van der Waals surface area contributed by atoms with Crippen LogP contribution in [0.4, 0.5) is 0 Å². The summed E-state index contributed by atoms with van der Waals surface area (Å²) in [4.78, 5) is 13.2. The zero-order valence-corrected chi connectivity index (χ0v) is 14.4. The van der Waals surface area contributed by atoms with Gasteiger partial charge in [-0.25, -0.2) is 0 Å². The van der Waals surface area contributed by atoms with Gasteiger partial charge in [-0.1, -0.05) is 61.0 Å². The molecule has 0 fully saturated rings. The van der Waals surface area contributed by atoms with Gasteiger partial charge in [-0.15, -0.1) is 0 Å². The Morgan fingerprint density at radius 2 is 1.78 bits per heavy atom. The third-order valence-electron chi connectivity index (χ3n) is 3.86. The van der Waals surface area contributed by atoms with Crippen LogP contribution in [0, 0.1) is 0 Å². The lowest BCUT2D eigenvalue weighted by atomic mass is 10.0. The minimum Gasteiger partial charge on any atom is -0.351 e. The molecule has 0 aliphatic rings. The van der Waals surface area contributed by atoms with E-state index in [0.29, 0.717) is 19.0 Å². The number of halogens is 1. The van der Waals surface area contributed by atoms with Crippen molar-refractivity contribution in [2.24, 2.45) is 0 Å². The van der Waals surface area contributed by atoms with Crippen molar-refractivity contribution in [3.63, 3.8) is 0 Å². The number of carbonyl (C=O) groups excluding carboxylic acids is 1. The summed E-state index contributed by atoms with van der Waals surface area (Å²) in [5.41, 5.74) is 2.42. The number of rotatable bonds is 7. The van der Waals surface area contributed by atoms with Crippen LogP contribution in [0.1, 0.15) is 24.0 Å². The second-order valence-corrected chi connectivity index (χ2v) is 6.49. The zero-order chi connectivity index (χ0) is 16.7. The van der Waals surface area contributed by atoms with Gasteiger partial charge in [0.05, 0.1) is 7.05 Å². The maximum absolute atomic E-state index is 12.1. The van der Waals surface area contributed by atoms with Crippen LogP contribution in [0.25, 0.3) is 0 Å². The summed E-state index contributed by atoms with van der Waals surface area (Å²) in [6.45, 7) is 4.06. The molecule has 2 rings (SSSR count). The van der Waals surface area contributed by atoms with E-state index in [1.54, 1.807) is 0 Å². The van der Waals surface area contributed by atoms with Crippen LogP contribution in [0.5, 0.6) is 0 Å². The number of quaternary nitrogens is 1. The molecule has 0 saturated heterocycles. The molecule has 23 heavy (non-hydrogen) atoms. The average Bonchev–Trinajstić information content (AvgIpc) is 2.55. The Balaban J connectivity index is 1.74. The normalized spacial score (nSPS) is 13.3. The standard InChI is InChI=1S/C19H23ClN2O/c1-15(17-6-4-3-5-7-17)12-21-19(23)14-22(2)13-16-8-10-18(20)11-9-16/h3-11,15H,12-14H2,1-2H3,(H,21,23)/p+1/t15-/m0/s1. The lowest BCUT2D eigenvalue weighted by Crippen LogP contribution is -3.08. The number of amides is 1. The van der Waals surface area contributed by atoms with E-state index in [0.717, 1.165) is 16.5 Å². The van der Waals surface area contributed by atoms with Crippen LogP contribution in [0.2, 0.25) is 5.02 Å². The molecule has 1 amide bonds. The molecule has 1 unspecified atom stereocenters. The molecule has 122 valence electrons. The molecule has 0 aromatic heterocycles. The van der Waals surface area contributed by atoms with Gasteiger partial charge in [0, 0.05) is 17.1 Å². The Labute approximate surface area is 143 Å². The molecule has 0 radical (unpaired) electrons. The zero-order valence-electron chi connectivity index (χ0n) is 13.7. The number of hydrogen-bond donors (Lipinski definition) is 2. The van der Waals surface area contributed by atoms with E-state index >= 15 is 0 Å². The minimum atomic E-state index is 0.0826. The molecule has 0 heterocycles. The van der Waals surface area contributed by atoms with Gasteiger partial charge in [0.2, 0.25) is 0 Å². The van der Waals surface area contributed by atoms with Crippen LogP contribution in [-0.2, 0) is 11.3 Å². The SMILES string of the molecule is C[C@@H](CNC(=O)C[NH+](C)Cc1ccc(Cl)cc1)c1ccccc1. The van der Waals surface area contributed by atoms with Gasteiger partial charge in [0.1, 0.15) is 6.54 Å². The van der Waals surface area contributed by atoms with Crippen LogP contribution in [0.15, 0.2) is 54.6 Å². The molecule has 2 atom stereocenters. The van der Waals surface area contributed by atoms with E-state index in [1.807, 2.05) is 49.5 Å². The third kappa shape index (κ3) is 6.05.